The summed E-state index contributed by atoms with van der Waals surface area (Å²) >= 11 is 0. The number of carboxylic acids is 1. The molecule has 5 N–H and O–H groups in total. The van der Waals surface area contributed by atoms with Gasteiger partial charge in [-0.2, -0.15) is 0 Å². The summed E-state index contributed by atoms with van der Waals surface area (Å²) in [6.45, 7) is 2.85. The molecular weight excluding hydrogens is 176 g/mol. The molecule has 0 saturated carbocycles. The first-order valence-electron chi connectivity index (χ1n) is 3.80. The van der Waals surface area contributed by atoms with Crippen molar-refractivity contribution < 1.29 is 19.4 Å². The maximum absolute atomic E-state index is 10.9. The van der Waals surface area contributed by atoms with Gasteiger partial charge in [0.05, 0.1) is 0 Å². The van der Waals surface area contributed by atoms with E-state index in [2.05, 4.69) is 4.74 Å². The average molecular weight is 190 g/mol. The Morgan fingerprint density at radius 2 is 1.77 bits per heavy atom. The predicted molar refractivity (Wildman–Crippen MR) is 44.8 cm³/mol. The number of aliphatic carboxylic acids is 1. The number of nitrogens with two attached hydrogens (primary N) is 2. The molecule has 0 fully saturated rings. The number of hydrogen-bond donors (Lipinski definition) is 3. The monoisotopic (exact) mass is 190 g/mol. The molecule has 13 heavy (non-hydrogen) atoms. The van der Waals surface area contributed by atoms with E-state index in [1.165, 1.54) is 13.8 Å². The fourth-order valence-corrected chi connectivity index (χ4v) is 0.565. The molecule has 0 aliphatic rings. The van der Waals surface area contributed by atoms with Gasteiger partial charge in [0.2, 0.25) is 0 Å². The Morgan fingerprint density at radius 1 is 1.31 bits per heavy atom. The fourth-order valence-electron chi connectivity index (χ4n) is 0.565. The van der Waals surface area contributed by atoms with Crippen molar-refractivity contribution in [2.24, 2.45) is 11.5 Å². The van der Waals surface area contributed by atoms with Crippen molar-refractivity contribution in [3.05, 3.63) is 0 Å². The summed E-state index contributed by atoms with van der Waals surface area (Å²) < 4.78 is 4.67. The van der Waals surface area contributed by atoms with Crippen LogP contribution < -0.4 is 11.5 Å². The molecule has 3 atom stereocenters. The first-order valence-corrected chi connectivity index (χ1v) is 3.80. The first kappa shape index (κ1) is 11.9. The van der Waals surface area contributed by atoms with Crippen molar-refractivity contribution in [2.75, 3.05) is 0 Å². The Balaban J connectivity index is 4.07. The van der Waals surface area contributed by atoms with Crippen LogP contribution in [-0.4, -0.2) is 35.2 Å². The van der Waals surface area contributed by atoms with Gasteiger partial charge in [0.25, 0.3) is 0 Å². The van der Waals surface area contributed by atoms with Crippen LogP contribution >= 0.6 is 0 Å². The average Bonchev–Trinajstić information content (AvgIpc) is 2.02. The number of carboxylic acid groups (broad SMARTS) is 1. The molecule has 0 aromatic rings. The van der Waals surface area contributed by atoms with Crippen LogP contribution in [-0.2, 0) is 14.3 Å². The van der Waals surface area contributed by atoms with Gasteiger partial charge in [-0.1, -0.05) is 0 Å². The normalized spacial score (nSPS) is 17.2. The predicted octanol–water partition coefficient (Wildman–Crippen LogP) is -1.32. The molecule has 0 saturated heterocycles. The first-order chi connectivity index (χ1) is 5.86. The third-order valence-corrected chi connectivity index (χ3v) is 1.46. The van der Waals surface area contributed by atoms with Crippen LogP contribution in [0.15, 0.2) is 0 Å². The molecule has 0 aromatic heterocycles. The second-order valence-corrected chi connectivity index (χ2v) is 2.79. The molecule has 0 rings (SSSR count). The number of esters is 1. The number of hydrogen-bond acceptors (Lipinski definition) is 5. The van der Waals surface area contributed by atoms with Gasteiger partial charge in [0, 0.05) is 0 Å². The smallest absolute Gasteiger partial charge is 0.324 e. The zero-order chi connectivity index (χ0) is 10.6. The van der Waals surface area contributed by atoms with E-state index >= 15 is 0 Å². The van der Waals surface area contributed by atoms with E-state index in [1.807, 2.05) is 0 Å². The molecule has 0 amide bonds. The fraction of sp³-hybridized carbons (Fsp3) is 0.714. The van der Waals surface area contributed by atoms with E-state index in [-0.39, 0.29) is 0 Å². The zero-order valence-corrected chi connectivity index (χ0v) is 7.56. The van der Waals surface area contributed by atoms with Gasteiger partial charge in [-0.15, -0.1) is 0 Å². The molecule has 76 valence electrons. The second kappa shape index (κ2) is 4.78. The molecule has 0 heterocycles. The molecule has 6 heteroatoms. The standard InChI is InChI=1S/C7H14N2O4/c1-3(8)7(12)13-4(2)5(9)6(10)11/h3-5H,8-9H2,1-2H3,(H,10,11)/t3-,4+,5-/m0/s1. The largest absolute Gasteiger partial charge is 0.480 e. The summed E-state index contributed by atoms with van der Waals surface area (Å²) in [6.07, 6.45) is -0.879. The Hall–Kier alpha value is -1.14. The van der Waals surface area contributed by atoms with Crippen LogP contribution in [0.4, 0.5) is 0 Å². The van der Waals surface area contributed by atoms with Crippen molar-refractivity contribution in [3.63, 3.8) is 0 Å². The van der Waals surface area contributed by atoms with Crippen molar-refractivity contribution in [2.45, 2.75) is 32.0 Å². The highest BCUT2D eigenvalue weighted by atomic mass is 16.5. The Kier molecular flexibility index (Phi) is 4.36. The van der Waals surface area contributed by atoms with E-state index in [9.17, 15) is 9.59 Å². The second-order valence-electron chi connectivity index (χ2n) is 2.79. The van der Waals surface area contributed by atoms with Crippen LogP contribution in [0.1, 0.15) is 13.8 Å². The minimum absolute atomic E-state index is 0.663. The lowest BCUT2D eigenvalue weighted by molar-refractivity contribution is -0.154. The van der Waals surface area contributed by atoms with Crippen molar-refractivity contribution in [3.8, 4) is 0 Å². The van der Waals surface area contributed by atoms with Crippen LogP contribution in [0.2, 0.25) is 0 Å². The number of carbonyl (C=O) groups is 2. The minimum Gasteiger partial charge on any atom is -0.480 e. The van der Waals surface area contributed by atoms with Crippen LogP contribution in [0, 0.1) is 0 Å². The number of carbonyl (C=O) groups excluding carboxylic acids is 1. The molecule has 6 nitrogen and oxygen atoms in total. The number of rotatable bonds is 4. The van der Waals surface area contributed by atoms with E-state index in [0.29, 0.717) is 0 Å². The van der Waals surface area contributed by atoms with E-state index < -0.39 is 30.1 Å². The lowest BCUT2D eigenvalue weighted by Crippen LogP contribution is -2.44. The number of ether oxygens (including phenoxy) is 1. The highest BCUT2D eigenvalue weighted by Gasteiger charge is 2.24. The Bertz CT molecular complexity index is 205. The Morgan fingerprint density at radius 3 is 2.08 bits per heavy atom. The molecule has 0 aromatic carbocycles. The lowest BCUT2D eigenvalue weighted by atomic mass is 10.2. The summed E-state index contributed by atoms with van der Waals surface area (Å²) in [5.74, 6) is -1.88. The van der Waals surface area contributed by atoms with E-state index in [1.54, 1.807) is 0 Å². The van der Waals surface area contributed by atoms with Crippen LogP contribution in [0.25, 0.3) is 0 Å². The third kappa shape index (κ3) is 3.86. The summed E-state index contributed by atoms with van der Waals surface area (Å²) in [7, 11) is 0. The van der Waals surface area contributed by atoms with Crippen LogP contribution in [0.3, 0.4) is 0 Å². The topological polar surface area (TPSA) is 116 Å². The maximum Gasteiger partial charge on any atom is 0.324 e. The minimum atomic E-state index is -1.22. The quantitative estimate of drug-likeness (QED) is 0.473. The molecule has 0 bridgehead atoms. The highest BCUT2D eigenvalue weighted by Crippen LogP contribution is 1.98. The molecule has 0 unspecified atom stereocenters. The Labute approximate surface area is 75.8 Å². The molecule has 0 aliphatic heterocycles. The third-order valence-electron chi connectivity index (χ3n) is 1.46. The van der Waals surface area contributed by atoms with Gasteiger partial charge in [-0.3, -0.25) is 9.59 Å². The summed E-state index contributed by atoms with van der Waals surface area (Å²) in [6, 6.07) is -1.99. The van der Waals surface area contributed by atoms with Gasteiger partial charge >= 0.3 is 11.9 Å². The highest BCUT2D eigenvalue weighted by molar-refractivity contribution is 5.77. The summed E-state index contributed by atoms with van der Waals surface area (Å²) in [5, 5.41) is 8.46. The lowest BCUT2D eigenvalue weighted by Gasteiger charge is -2.17. The van der Waals surface area contributed by atoms with Gasteiger partial charge in [-0.25, -0.2) is 0 Å². The van der Waals surface area contributed by atoms with Gasteiger partial charge in [0.15, 0.2) is 0 Å². The van der Waals surface area contributed by atoms with Crippen molar-refractivity contribution >= 4 is 11.9 Å². The van der Waals surface area contributed by atoms with E-state index in [0.717, 1.165) is 0 Å². The van der Waals surface area contributed by atoms with Crippen LogP contribution in [0.5, 0.6) is 0 Å². The molecular formula is C7H14N2O4. The molecule has 0 aliphatic carbocycles. The molecule has 0 spiro atoms. The van der Waals surface area contributed by atoms with Crippen molar-refractivity contribution in [1.29, 1.82) is 0 Å². The molecule has 0 radical (unpaired) electrons. The summed E-state index contributed by atoms with van der Waals surface area (Å²) in [4.78, 5) is 21.2. The SMILES string of the molecule is C[C@H](N)C(=O)O[C@H](C)[C@H](N)C(=O)O. The van der Waals surface area contributed by atoms with Gasteiger partial charge in [0.1, 0.15) is 18.2 Å². The maximum atomic E-state index is 10.9. The van der Waals surface area contributed by atoms with E-state index in [4.69, 9.17) is 16.6 Å². The van der Waals surface area contributed by atoms with Gasteiger partial charge in [-0.05, 0) is 13.8 Å². The van der Waals surface area contributed by atoms with Gasteiger partial charge < -0.3 is 21.3 Å². The zero-order valence-electron chi connectivity index (χ0n) is 7.56. The van der Waals surface area contributed by atoms with Crippen molar-refractivity contribution in [1.82, 2.24) is 0 Å². The summed E-state index contributed by atoms with van der Waals surface area (Å²) in [5.41, 5.74) is 10.4.